The second kappa shape index (κ2) is 3.59. The van der Waals surface area contributed by atoms with E-state index in [2.05, 4.69) is 0 Å². The number of carbonyl (C=O) groups is 2. The van der Waals surface area contributed by atoms with E-state index >= 15 is 0 Å². The average Bonchev–Trinajstić information content (AvgIpc) is 2.48. The Morgan fingerprint density at radius 1 is 1.14 bits per heavy atom. The summed E-state index contributed by atoms with van der Waals surface area (Å²) < 4.78 is 0. The first kappa shape index (κ1) is 9.49. The van der Waals surface area contributed by atoms with E-state index in [9.17, 15) is 9.59 Å². The van der Waals surface area contributed by atoms with Gasteiger partial charge in [0, 0.05) is 19.0 Å². The van der Waals surface area contributed by atoms with Crippen LogP contribution in [0.4, 0.5) is 0 Å². The molecule has 1 aliphatic heterocycles. The highest BCUT2D eigenvalue weighted by atomic mass is 16.4. The SMILES string of the molecule is O=C(O)C1CCN(C(=O)C2CCC2)C1. The fourth-order valence-corrected chi connectivity index (χ4v) is 2.08. The molecule has 1 unspecified atom stereocenters. The van der Waals surface area contributed by atoms with Crippen molar-refractivity contribution in [2.75, 3.05) is 13.1 Å². The van der Waals surface area contributed by atoms with Crippen molar-refractivity contribution >= 4 is 11.9 Å². The number of carboxylic acids is 1. The molecule has 1 saturated carbocycles. The molecule has 78 valence electrons. The van der Waals surface area contributed by atoms with E-state index in [4.69, 9.17) is 5.11 Å². The van der Waals surface area contributed by atoms with E-state index in [1.54, 1.807) is 4.90 Å². The number of likely N-dealkylation sites (tertiary alicyclic amines) is 1. The number of carbonyl (C=O) groups excluding carboxylic acids is 1. The molecule has 2 fully saturated rings. The van der Waals surface area contributed by atoms with Gasteiger partial charge in [-0.1, -0.05) is 6.42 Å². The molecule has 1 N–H and O–H groups in total. The van der Waals surface area contributed by atoms with E-state index in [1.807, 2.05) is 0 Å². The third-order valence-corrected chi connectivity index (χ3v) is 3.30. The van der Waals surface area contributed by atoms with Crippen LogP contribution in [0.15, 0.2) is 0 Å². The van der Waals surface area contributed by atoms with Crippen molar-refractivity contribution in [1.82, 2.24) is 4.90 Å². The zero-order chi connectivity index (χ0) is 10.1. The average molecular weight is 197 g/mol. The summed E-state index contributed by atoms with van der Waals surface area (Å²) in [4.78, 5) is 24.1. The molecule has 1 saturated heterocycles. The Balaban J connectivity index is 1.88. The maximum atomic E-state index is 11.7. The minimum atomic E-state index is -0.770. The van der Waals surface area contributed by atoms with Gasteiger partial charge < -0.3 is 10.0 Å². The summed E-state index contributed by atoms with van der Waals surface area (Å²) in [5.74, 6) is -0.726. The van der Waals surface area contributed by atoms with Gasteiger partial charge in [-0.2, -0.15) is 0 Å². The van der Waals surface area contributed by atoms with E-state index < -0.39 is 5.97 Å². The molecule has 2 rings (SSSR count). The second-order valence-electron chi connectivity index (χ2n) is 4.24. The zero-order valence-electron chi connectivity index (χ0n) is 8.11. The number of carboxylic acid groups (broad SMARTS) is 1. The van der Waals surface area contributed by atoms with Crippen molar-refractivity contribution in [3.05, 3.63) is 0 Å². The molecule has 0 spiro atoms. The molecule has 0 aromatic carbocycles. The van der Waals surface area contributed by atoms with E-state index in [0.29, 0.717) is 19.5 Å². The number of rotatable bonds is 2. The van der Waals surface area contributed by atoms with Crippen molar-refractivity contribution < 1.29 is 14.7 Å². The number of aliphatic carboxylic acids is 1. The predicted molar refractivity (Wildman–Crippen MR) is 49.7 cm³/mol. The molecular formula is C10H15NO3. The van der Waals surface area contributed by atoms with Crippen LogP contribution in [0.1, 0.15) is 25.7 Å². The standard InChI is InChI=1S/C10H15NO3/c12-9(7-2-1-3-7)11-5-4-8(6-11)10(13)14/h7-8H,1-6H2,(H,13,14). The van der Waals surface area contributed by atoms with Gasteiger partial charge in [0.15, 0.2) is 0 Å². The summed E-state index contributed by atoms with van der Waals surface area (Å²) in [5.41, 5.74) is 0. The van der Waals surface area contributed by atoms with Gasteiger partial charge in [-0.3, -0.25) is 9.59 Å². The maximum Gasteiger partial charge on any atom is 0.308 e. The fraction of sp³-hybridized carbons (Fsp3) is 0.800. The molecule has 4 heteroatoms. The molecule has 1 amide bonds. The van der Waals surface area contributed by atoms with Crippen LogP contribution >= 0.6 is 0 Å². The monoisotopic (exact) mass is 197 g/mol. The van der Waals surface area contributed by atoms with E-state index in [-0.39, 0.29) is 17.7 Å². The van der Waals surface area contributed by atoms with Crippen LogP contribution in [0, 0.1) is 11.8 Å². The van der Waals surface area contributed by atoms with Crippen LogP contribution in [0.25, 0.3) is 0 Å². The first-order chi connectivity index (χ1) is 6.68. The minimum Gasteiger partial charge on any atom is -0.481 e. The van der Waals surface area contributed by atoms with E-state index in [0.717, 1.165) is 19.3 Å². The molecule has 1 atom stereocenters. The first-order valence-corrected chi connectivity index (χ1v) is 5.20. The van der Waals surface area contributed by atoms with Crippen LogP contribution in [-0.4, -0.2) is 35.0 Å². The Bertz CT molecular complexity index is 260. The number of hydrogen-bond acceptors (Lipinski definition) is 2. The molecular weight excluding hydrogens is 182 g/mol. The van der Waals surface area contributed by atoms with Gasteiger partial charge in [-0.25, -0.2) is 0 Å². The van der Waals surface area contributed by atoms with Crippen LogP contribution in [0.2, 0.25) is 0 Å². The molecule has 1 heterocycles. The summed E-state index contributed by atoms with van der Waals surface area (Å²) in [6.07, 6.45) is 3.75. The number of hydrogen-bond donors (Lipinski definition) is 1. The predicted octanol–water partition coefficient (Wildman–Crippen LogP) is 0.720. The van der Waals surface area contributed by atoms with Crippen molar-refractivity contribution in [3.8, 4) is 0 Å². The largest absolute Gasteiger partial charge is 0.481 e. The molecule has 2 aliphatic rings. The highest BCUT2D eigenvalue weighted by molar-refractivity contribution is 5.81. The normalized spacial score (nSPS) is 27.4. The van der Waals surface area contributed by atoms with Gasteiger partial charge in [0.1, 0.15) is 0 Å². The molecule has 14 heavy (non-hydrogen) atoms. The van der Waals surface area contributed by atoms with Crippen LogP contribution in [0.3, 0.4) is 0 Å². The molecule has 1 aliphatic carbocycles. The van der Waals surface area contributed by atoms with E-state index in [1.165, 1.54) is 0 Å². The molecule has 0 bridgehead atoms. The number of nitrogens with zero attached hydrogens (tertiary/aromatic N) is 1. The smallest absolute Gasteiger partial charge is 0.308 e. The summed E-state index contributed by atoms with van der Waals surface area (Å²) in [6.45, 7) is 1.05. The highest BCUT2D eigenvalue weighted by Gasteiger charge is 2.35. The highest BCUT2D eigenvalue weighted by Crippen LogP contribution is 2.30. The lowest BCUT2D eigenvalue weighted by Crippen LogP contribution is -2.37. The third-order valence-electron chi connectivity index (χ3n) is 3.30. The Morgan fingerprint density at radius 3 is 2.29 bits per heavy atom. The summed E-state index contributed by atoms with van der Waals surface area (Å²) in [6, 6.07) is 0. The van der Waals surface area contributed by atoms with Gasteiger partial charge in [0.05, 0.1) is 5.92 Å². The van der Waals surface area contributed by atoms with Gasteiger partial charge >= 0.3 is 5.97 Å². The van der Waals surface area contributed by atoms with Crippen molar-refractivity contribution in [2.45, 2.75) is 25.7 Å². The first-order valence-electron chi connectivity index (χ1n) is 5.20. The molecule has 0 aromatic heterocycles. The van der Waals surface area contributed by atoms with Crippen LogP contribution < -0.4 is 0 Å². The maximum absolute atomic E-state index is 11.7. The molecule has 0 aromatic rings. The lowest BCUT2D eigenvalue weighted by Gasteiger charge is -2.28. The van der Waals surface area contributed by atoms with Crippen molar-refractivity contribution in [1.29, 1.82) is 0 Å². The van der Waals surface area contributed by atoms with Gasteiger partial charge in [0.2, 0.25) is 5.91 Å². The number of amides is 1. The van der Waals surface area contributed by atoms with Crippen molar-refractivity contribution in [2.24, 2.45) is 11.8 Å². The minimum absolute atomic E-state index is 0.181. The Kier molecular flexibility index (Phi) is 2.44. The third kappa shape index (κ3) is 1.61. The second-order valence-corrected chi connectivity index (χ2v) is 4.24. The van der Waals surface area contributed by atoms with Crippen molar-refractivity contribution in [3.63, 3.8) is 0 Å². The van der Waals surface area contributed by atoms with Crippen LogP contribution in [0.5, 0.6) is 0 Å². The van der Waals surface area contributed by atoms with Crippen LogP contribution in [-0.2, 0) is 9.59 Å². The van der Waals surface area contributed by atoms with Gasteiger partial charge in [-0.05, 0) is 19.3 Å². The molecule has 0 radical (unpaired) electrons. The molecule has 4 nitrogen and oxygen atoms in total. The summed E-state index contributed by atoms with van der Waals surface area (Å²) in [7, 11) is 0. The van der Waals surface area contributed by atoms with Gasteiger partial charge in [0.25, 0.3) is 0 Å². The van der Waals surface area contributed by atoms with Gasteiger partial charge in [-0.15, -0.1) is 0 Å². The Morgan fingerprint density at radius 2 is 1.86 bits per heavy atom. The lowest BCUT2D eigenvalue weighted by atomic mass is 9.84. The lowest BCUT2D eigenvalue weighted by molar-refractivity contribution is -0.142. The summed E-state index contributed by atoms with van der Waals surface area (Å²) >= 11 is 0. The Hall–Kier alpha value is -1.06. The Labute approximate surface area is 82.9 Å². The quantitative estimate of drug-likeness (QED) is 0.709. The summed E-state index contributed by atoms with van der Waals surface area (Å²) in [5, 5.41) is 8.78. The topological polar surface area (TPSA) is 57.6 Å². The zero-order valence-corrected chi connectivity index (χ0v) is 8.11. The fourth-order valence-electron chi connectivity index (χ4n) is 2.08.